The lowest BCUT2D eigenvalue weighted by Gasteiger charge is -2.26. The summed E-state index contributed by atoms with van der Waals surface area (Å²) in [5.74, 6) is 0. The molecule has 1 heterocycles. The summed E-state index contributed by atoms with van der Waals surface area (Å²) in [6.07, 6.45) is 0. The van der Waals surface area contributed by atoms with Gasteiger partial charge in [0.05, 0.1) is 6.61 Å². The van der Waals surface area contributed by atoms with Crippen molar-refractivity contribution in [2.24, 2.45) is 12.8 Å². The number of aliphatic hydroxyl groups excluding tert-OH is 1. The molecule has 0 amide bonds. The molecule has 0 aliphatic carbocycles. The molecule has 0 saturated carbocycles. The molecule has 3 nitrogen and oxygen atoms in total. The molecule has 1 aromatic carbocycles. The van der Waals surface area contributed by atoms with Gasteiger partial charge in [-0.3, -0.25) is 0 Å². The van der Waals surface area contributed by atoms with Gasteiger partial charge in [0, 0.05) is 30.2 Å². The second-order valence-corrected chi connectivity index (χ2v) is 4.57. The van der Waals surface area contributed by atoms with Gasteiger partial charge in [-0.15, -0.1) is 0 Å². The predicted octanol–water partition coefficient (Wildman–Crippen LogP) is 1.39. The lowest BCUT2D eigenvalue weighted by Crippen LogP contribution is -2.37. The summed E-state index contributed by atoms with van der Waals surface area (Å²) in [7, 11) is 2.02. The van der Waals surface area contributed by atoms with Gasteiger partial charge in [-0.05, 0) is 17.5 Å². The van der Waals surface area contributed by atoms with E-state index >= 15 is 0 Å². The molecule has 2 aromatic rings. The SMILES string of the molecule is Cn1c(C(C)(CN)CO)cc2ccccc21. The zero-order chi connectivity index (χ0) is 11.8. The third kappa shape index (κ3) is 1.52. The molecule has 0 fully saturated rings. The van der Waals surface area contributed by atoms with Crippen molar-refractivity contribution in [3.8, 4) is 0 Å². The van der Waals surface area contributed by atoms with E-state index in [1.807, 2.05) is 26.1 Å². The standard InChI is InChI=1S/C13H18N2O/c1-13(8-14,9-16)12-7-10-5-3-4-6-11(10)15(12)2/h3-7,16H,8-9,14H2,1-2H3. The molecule has 0 saturated heterocycles. The second-order valence-electron chi connectivity index (χ2n) is 4.57. The Hall–Kier alpha value is -1.32. The third-order valence-electron chi connectivity index (χ3n) is 3.37. The Morgan fingerprint density at radius 1 is 1.38 bits per heavy atom. The van der Waals surface area contributed by atoms with Crippen LogP contribution >= 0.6 is 0 Å². The molecule has 0 spiro atoms. The largest absolute Gasteiger partial charge is 0.395 e. The zero-order valence-corrected chi connectivity index (χ0v) is 9.77. The monoisotopic (exact) mass is 218 g/mol. The fraction of sp³-hybridized carbons (Fsp3) is 0.385. The molecular weight excluding hydrogens is 200 g/mol. The third-order valence-corrected chi connectivity index (χ3v) is 3.37. The number of aliphatic hydroxyl groups is 1. The van der Waals surface area contributed by atoms with Crippen LogP contribution in [-0.4, -0.2) is 22.8 Å². The van der Waals surface area contributed by atoms with E-state index < -0.39 is 0 Å². The van der Waals surface area contributed by atoms with Crippen molar-refractivity contribution < 1.29 is 5.11 Å². The van der Waals surface area contributed by atoms with Gasteiger partial charge in [0.15, 0.2) is 0 Å². The van der Waals surface area contributed by atoms with Gasteiger partial charge >= 0.3 is 0 Å². The van der Waals surface area contributed by atoms with Gasteiger partial charge in [0.1, 0.15) is 0 Å². The molecule has 16 heavy (non-hydrogen) atoms. The van der Waals surface area contributed by atoms with Crippen LogP contribution in [-0.2, 0) is 12.5 Å². The van der Waals surface area contributed by atoms with Crippen molar-refractivity contribution in [1.82, 2.24) is 4.57 Å². The van der Waals surface area contributed by atoms with E-state index in [-0.39, 0.29) is 12.0 Å². The summed E-state index contributed by atoms with van der Waals surface area (Å²) in [4.78, 5) is 0. The van der Waals surface area contributed by atoms with Crippen LogP contribution in [0.3, 0.4) is 0 Å². The van der Waals surface area contributed by atoms with Crippen LogP contribution in [0.4, 0.5) is 0 Å². The van der Waals surface area contributed by atoms with Gasteiger partial charge in [0.25, 0.3) is 0 Å². The van der Waals surface area contributed by atoms with E-state index in [1.165, 1.54) is 10.9 Å². The van der Waals surface area contributed by atoms with Crippen molar-refractivity contribution in [2.75, 3.05) is 13.2 Å². The number of hydrogen-bond donors (Lipinski definition) is 2. The van der Waals surface area contributed by atoms with Gasteiger partial charge in [0.2, 0.25) is 0 Å². The van der Waals surface area contributed by atoms with Gasteiger partial charge in [-0.1, -0.05) is 25.1 Å². The molecule has 0 radical (unpaired) electrons. The molecule has 0 bridgehead atoms. The lowest BCUT2D eigenvalue weighted by atomic mass is 9.88. The number of para-hydroxylation sites is 1. The first-order valence-corrected chi connectivity index (χ1v) is 5.48. The summed E-state index contributed by atoms with van der Waals surface area (Å²) in [6, 6.07) is 10.3. The summed E-state index contributed by atoms with van der Waals surface area (Å²) in [5, 5.41) is 10.7. The highest BCUT2D eigenvalue weighted by Crippen LogP contribution is 2.28. The van der Waals surface area contributed by atoms with Crippen molar-refractivity contribution in [3.05, 3.63) is 36.0 Å². The Morgan fingerprint density at radius 2 is 2.06 bits per heavy atom. The van der Waals surface area contributed by atoms with Gasteiger partial charge < -0.3 is 15.4 Å². The average Bonchev–Trinajstić information content (AvgIpc) is 2.67. The minimum Gasteiger partial charge on any atom is -0.395 e. The summed E-state index contributed by atoms with van der Waals surface area (Å²) in [5.41, 5.74) is 7.65. The first kappa shape index (κ1) is 11.2. The maximum absolute atomic E-state index is 9.49. The first-order chi connectivity index (χ1) is 7.62. The predicted molar refractivity (Wildman–Crippen MR) is 66.4 cm³/mol. The molecule has 1 atom stereocenters. The highest BCUT2D eigenvalue weighted by molar-refractivity contribution is 5.81. The van der Waals surface area contributed by atoms with Crippen LogP contribution < -0.4 is 5.73 Å². The van der Waals surface area contributed by atoms with Gasteiger partial charge in [-0.25, -0.2) is 0 Å². The Bertz CT molecular complexity index is 498. The Labute approximate surface area is 95.5 Å². The van der Waals surface area contributed by atoms with Crippen LogP contribution in [0.15, 0.2) is 30.3 Å². The van der Waals surface area contributed by atoms with Crippen molar-refractivity contribution >= 4 is 10.9 Å². The number of fused-ring (bicyclic) bond motifs is 1. The van der Waals surface area contributed by atoms with E-state index in [4.69, 9.17) is 5.73 Å². The Balaban J connectivity index is 2.65. The van der Waals surface area contributed by atoms with Crippen LogP contribution in [0.25, 0.3) is 10.9 Å². The van der Waals surface area contributed by atoms with E-state index in [1.54, 1.807) is 0 Å². The van der Waals surface area contributed by atoms with Crippen LogP contribution in [0.5, 0.6) is 0 Å². The van der Waals surface area contributed by atoms with Crippen LogP contribution in [0.1, 0.15) is 12.6 Å². The average molecular weight is 218 g/mol. The van der Waals surface area contributed by atoms with E-state index in [2.05, 4.69) is 22.8 Å². The molecule has 1 unspecified atom stereocenters. The normalized spacial score (nSPS) is 15.2. The van der Waals surface area contributed by atoms with Crippen molar-refractivity contribution in [1.29, 1.82) is 0 Å². The smallest absolute Gasteiger partial charge is 0.0551 e. The van der Waals surface area contributed by atoms with Crippen molar-refractivity contribution in [2.45, 2.75) is 12.3 Å². The van der Waals surface area contributed by atoms with Gasteiger partial charge in [-0.2, -0.15) is 0 Å². The maximum Gasteiger partial charge on any atom is 0.0551 e. The molecule has 1 aromatic heterocycles. The number of rotatable bonds is 3. The zero-order valence-electron chi connectivity index (χ0n) is 9.77. The van der Waals surface area contributed by atoms with E-state index in [0.29, 0.717) is 6.54 Å². The molecule has 0 aliphatic heterocycles. The fourth-order valence-corrected chi connectivity index (χ4v) is 2.12. The summed E-state index contributed by atoms with van der Waals surface area (Å²) < 4.78 is 2.11. The van der Waals surface area contributed by atoms with Crippen molar-refractivity contribution in [3.63, 3.8) is 0 Å². The number of benzene rings is 1. The highest BCUT2D eigenvalue weighted by Gasteiger charge is 2.27. The molecular formula is C13H18N2O. The van der Waals surface area contributed by atoms with E-state index in [9.17, 15) is 5.11 Å². The summed E-state index contributed by atoms with van der Waals surface area (Å²) in [6.45, 7) is 2.49. The minimum absolute atomic E-state index is 0.0632. The molecule has 3 heteroatoms. The lowest BCUT2D eigenvalue weighted by molar-refractivity contribution is 0.205. The van der Waals surface area contributed by atoms with Crippen LogP contribution in [0, 0.1) is 0 Å². The second kappa shape index (κ2) is 3.92. The fourth-order valence-electron chi connectivity index (χ4n) is 2.12. The highest BCUT2D eigenvalue weighted by atomic mass is 16.3. The van der Waals surface area contributed by atoms with E-state index in [0.717, 1.165) is 5.69 Å². The van der Waals surface area contributed by atoms with Crippen LogP contribution in [0.2, 0.25) is 0 Å². The topological polar surface area (TPSA) is 51.2 Å². The Morgan fingerprint density at radius 3 is 2.62 bits per heavy atom. The molecule has 86 valence electrons. The molecule has 2 rings (SSSR count). The summed E-state index contributed by atoms with van der Waals surface area (Å²) >= 11 is 0. The Kier molecular flexibility index (Phi) is 2.74. The minimum atomic E-state index is -0.367. The molecule has 0 aliphatic rings. The number of aryl methyl sites for hydroxylation is 1. The number of nitrogens with two attached hydrogens (primary N) is 1. The number of nitrogens with zero attached hydrogens (tertiary/aromatic N) is 1. The quantitative estimate of drug-likeness (QED) is 0.818. The molecule has 3 N–H and O–H groups in total. The number of aromatic nitrogens is 1. The first-order valence-electron chi connectivity index (χ1n) is 5.48. The maximum atomic E-state index is 9.49. The number of hydrogen-bond acceptors (Lipinski definition) is 2.